The van der Waals surface area contributed by atoms with Gasteiger partial charge in [-0.2, -0.15) is 5.26 Å². The van der Waals surface area contributed by atoms with Crippen LogP contribution in [0.15, 0.2) is 28.9 Å². The number of anilines is 1. The quantitative estimate of drug-likeness (QED) is 0.926. The Kier molecular flexibility index (Phi) is 4.24. The molecule has 3 rings (SSSR count). The summed E-state index contributed by atoms with van der Waals surface area (Å²) in [5.41, 5.74) is 1.25. The van der Waals surface area contributed by atoms with Crippen molar-refractivity contribution in [2.45, 2.75) is 25.8 Å². The summed E-state index contributed by atoms with van der Waals surface area (Å²) in [6, 6.07) is 7.43. The van der Waals surface area contributed by atoms with Crippen molar-refractivity contribution in [2.24, 2.45) is 0 Å². The standard InChI is InChI=1S/C16H17N5O2/c1-11-8-14(23-20-11)16(22)19-13-4-6-21(7-5-13)15-3-2-12(9-17)10-18-15/h2-3,8,10,13H,4-7H2,1H3,(H,19,22). The lowest BCUT2D eigenvalue weighted by molar-refractivity contribution is 0.0893. The number of hydrogen-bond donors (Lipinski definition) is 1. The van der Waals surface area contributed by atoms with Gasteiger partial charge in [0.1, 0.15) is 11.9 Å². The van der Waals surface area contributed by atoms with Gasteiger partial charge >= 0.3 is 0 Å². The van der Waals surface area contributed by atoms with Crippen molar-refractivity contribution in [1.82, 2.24) is 15.5 Å². The fourth-order valence-corrected chi connectivity index (χ4v) is 2.62. The van der Waals surface area contributed by atoms with Crippen LogP contribution in [0.2, 0.25) is 0 Å². The van der Waals surface area contributed by atoms with Crippen LogP contribution in [0.25, 0.3) is 0 Å². The second-order valence-electron chi connectivity index (χ2n) is 5.58. The molecule has 7 nitrogen and oxygen atoms in total. The molecule has 0 atom stereocenters. The maximum atomic E-state index is 12.0. The van der Waals surface area contributed by atoms with Crippen LogP contribution >= 0.6 is 0 Å². The fourth-order valence-electron chi connectivity index (χ4n) is 2.62. The van der Waals surface area contributed by atoms with Crippen molar-refractivity contribution < 1.29 is 9.32 Å². The SMILES string of the molecule is Cc1cc(C(=O)NC2CCN(c3ccc(C#N)cn3)CC2)on1. The van der Waals surface area contributed by atoms with E-state index in [1.165, 1.54) is 0 Å². The van der Waals surface area contributed by atoms with E-state index in [4.69, 9.17) is 9.78 Å². The first-order valence-corrected chi connectivity index (χ1v) is 7.51. The molecule has 0 radical (unpaired) electrons. The maximum Gasteiger partial charge on any atom is 0.290 e. The maximum absolute atomic E-state index is 12.0. The first-order chi connectivity index (χ1) is 11.2. The topological polar surface area (TPSA) is 95.1 Å². The molecule has 2 aromatic rings. The Balaban J connectivity index is 1.53. The third-order valence-corrected chi connectivity index (χ3v) is 3.88. The molecule has 0 unspecified atom stereocenters. The number of amides is 1. The molecule has 1 saturated heterocycles. The number of hydrogen-bond acceptors (Lipinski definition) is 6. The lowest BCUT2D eigenvalue weighted by Gasteiger charge is -2.32. The van der Waals surface area contributed by atoms with Gasteiger partial charge in [-0.1, -0.05) is 5.16 Å². The highest BCUT2D eigenvalue weighted by atomic mass is 16.5. The van der Waals surface area contributed by atoms with Crippen LogP contribution in [-0.4, -0.2) is 35.2 Å². The van der Waals surface area contributed by atoms with Crippen molar-refractivity contribution in [2.75, 3.05) is 18.0 Å². The van der Waals surface area contributed by atoms with Crippen LogP contribution in [0, 0.1) is 18.3 Å². The monoisotopic (exact) mass is 311 g/mol. The van der Waals surface area contributed by atoms with Crippen LogP contribution in [0.5, 0.6) is 0 Å². The molecule has 23 heavy (non-hydrogen) atoms. The van der Waals surface area contributed by atoms with E-state index in [0.717, 1.165) is 31.7 Å². The van der Waals surface area contributed by atoms with Gasteiger partial charge < -0.3 is 14.7 Å². The molecule has 1 fully saturated rings. The van der Waals surface area contributed by atoms with Crippen molar-refractivity contribution in [1.29, 1.82) is 5.26 Å². The third kappa shape index (κ3) is 3.48. The van der Waals surface area contributed by atoms with Gasteiger partial charge in [0.05, 0.1) is 11.3 Å². The Morgan fingerprint density at radius 2 is 2.22 bits per heavy atom. The van der Waals surface area contributed by atoms with Crippen molar-refractivity contribution in [3.8, 4) is 6.07 Å². The molecule has 2 aromatic heterocycles. The molecule has 1 amide bonds. The molecule has 1 N–H and O–H groups in total. The second kappa shape index (κ2) is 6.48. The normalized spacial score (nSPS) is 15.2. The Morgan fingerprint density at radius 1 is 1.43 bits per heavy atom. The van der Waals surface area contributed by atoms with Crippen LogP contribution in [0.3, 0.4) is 0 Å². The zero-order valence-electron chi connectivity index (χ0n) is 12.8. The number of nitrogens with zero attached hydrogens (tertiary/aromatic N) is 4. The summed E-state index contributed by atoms with van der Waals surface area (Å²) in [4.78, 5) is 18.5. The lowest BCUT2D eigenvalue weighted by Crippen LogP contribution is -2.44. The number of aryl methyl sites for hydroxylation is 1. The second-order valence-corrected chi connectivity index (χ2v) is 5.58. The van der Waals surface area contributed by atoms with Crippen LogP contribution in [0.1, 0.15) is 34.7 Å². The van der Waals surface area contributed by atoms with Crippen molar-refractivity contribution in [3.63, 3.8) is 0 Å². The average molecular weight is 311 g/mol. The number of pyridine rings is 1. The smallest absolute Gasteiger partial charge is 0.290 e. The number of nitriles is 1. The number of rotatable bonds is 3. The number of aromatic nitrogens is 2. The van der Waals surface area contributed by atoms with Crippen LogP contribution in [0.4, 0.5) is 5.82 Å². The van der Waals surface area contributed by atoms with Gasteiger partial charge in [-0.15, -0.1) is 0 Å². The van der Waals surface area contributed by atoms with Gasteiger partial charge in [0.2, 0.25) is 5.76 Å². The first kappa shape index (κ1) is 15.0. The summed E-state index contributed by atoms with van der Waals surface area (Å²) in [6.45, 7) is 3.39. The minimum Gasteiger partial charge on any atom is -0.356 e. The van der Waals surface area contributed by atoms with Crippen LogP contribution in [-0.2, 0) is 0 Å². The molecular weight excluding hydrogens is 294 g/mol. The summed E-state index contributed by atoms with van der Waals surface area (Å²) in [5, 5.41) is 15.5. The average Bonchev–Trinajstić information content (AvgIpc) is 3.02. The third-order valence-electron chi connectivity index (χ3n) is 3.88. The highest BCUT2D eigenvalue weighted by Gasteiger charge is 2.23. The van der Waals surface area contributed by atoms with Gasteiger partial charge in [-0.05, 0) is 31.9 Å². The minimum absolute atomic E-state index is 0.113. The van der Waals surface area contributed by atoms with Gasteiger partial charge in [-0.3, -0.25) is 4.79 Å². The lowest BCUT2D eigenvalue weighted by atomic mass is 10.0. The summed E-state index contributed by atoms with van der Waals surface area (Å²) in [6.07, 6.45) is 3.25. The molecule has 1 aliphatic heterocycles. The number of carbonyl (C=O) groups excluding carboxylic acids is 1. The van der Waals surface area contributed by atoms with Gasteiger partial charge in [-0.25, -0.2) is 4.98 Å². The molecule has 0 bridgehead atoms. The van der Waals surface area contributed by atoms with Crippen molar-refractivity contribution >= 4 is 11.7 Å². The predicted molar refractivity (Wildman–Crippen MR) is 82.9 cm³/mol. The molecule has 0 saturated carbocycles. The molecule has 3 heterocycles. The number of piperidine rings is 1. The largest absolute Gasteiger partial charge is 0.356 e. The zero-order chi connectivity index (χ0) is 16.2. The van der Waals surface area contributed by atoms with Crippen LogP contribution < -0.4 is 10.2 Å². The molecule has 0 aromatic carbocycles. The van der Waals surface area contributed by atoms with E-state index < -0.39 is 0 Å². The molecular formula is C16H17N5O2. The minimum atomic E-state index is -0.222. The van der Waals surface area contributed by atoms with E-state index in [-0.39, 0.29) is 17.7 Å². The number of carbonyl (C=O) groups is 1. The van der Waals surface area contributed by atoms with E-state index >= 15 is 0 Å². The zero-order valence-corrected chi connectivity index (χ0v) is 12.8. The summed E-state index contributed by atoms with van der Waals surface area (Å²) < 4.78 is 4.97. The van der Waals surface area contributed by atoms with E-state index in [0.29, 0.717) is 11.3 Å². The van der Waals surface area contributed by atoms with Crippen molar-refractivity contribution in [3.05, 3.63) is 41.4 Å². The fraction of sp³-hybridized carbons (Fsp3) is 0.375. The molecule has 1 aliphatic rings. The summed E-state index contributed by atoms with van der Waals surface area (Å²) in [5.74, 6) is 0.888. The molecule has 0 spiro atoms. The molecule has 118 valence electrons. The molecule has 0 aliphatic carbocycles. The van der Waals surface area contributed by atoms with Gasteiger partial charge in [0.15, 0.2) is 0 Å². The van der Waals surface area contributed by atoms with Gasteiger partial charge in [0, 0.05) is 31.4 Å². The Hall–Kier alpha value is -2.88. The first-order valence-electron chi connectivity index (χ1n) is 7.51. The Bertz CT molecular complexity index is 724. The summed E-state index contributed by atoms with van der Waals surface area (Å²) >= 11 is 0. The highest BCUT2D eigenvalue weighted by Crippen LogP contribution is 2.18. The van der Waals surface area contributed by atoms with Gasteiger partial charge in [0.25, 0.3) is 5.91 Å². The van der Waals surface area contributed by atoms with E-state index in [2.05, 4.69) is 26.4 Å². The highest BCUT2D eigenvalue weighted by molar-refractivity contribution is 5.91. The van der Waals surface area contributed by atoms with E-state index in [1.807, 2.05) is 6.07 Å². The predicted octanol–water partition coefficient (Wildman–Crippen LogP) is 1.65. The Labute approximate surface area is 133 Å². The molecule has 7 heteroatoms. The number of nitrogens with one attached hydrogen (secondary N) is 1. The summed E-state index contributed by atoms with van der Waals surface area (Å²) in [7, 11) is 0. The Morgan fingerprint density at radius 3 is 2.78 bits per heavy atom. The van der Waals surface area contributed by atoms with E-state index in [1.54, 1.807) is 25.3 Å². The van der Waals surface area contributed by atoms with E-state index in [9.17, 15) is 4.79 Å².